The molecule has 3 rings (SSSR count). The Morgan fingerprint density at radius 1 is 1.17 bits per heavy atom. The van der Waals surface area contributed by atoms with Gasteiger partial charge in [-0.1, -0.05) is 30.3 Å². The van der Waals surface area contributed by atoms with Gasteiger partial charge < -0.3 is 10.6 Å². The van der Waals surface area contributed by atoms with E-state index in [1.165, 1.54) is 12.8 Å². The van der Waals surface area contributed by atoms with Gasteiger partial charge in [0, 0.05) is 47.4 Å². The molecule has 0 radical (unpaired) electrons. The quantitative estimate of drug-likeness (QED) is 0.801. The van der Waals surface area contributed by atoms with E-state index in [-0.39, 0.29) is 5.91 Å². The van der Waals surface area contributed by atoms with E-state index >= 15 is 0 Å². The van der Waals surface area contributed by atoms with Crippen molar-refractivity contribution in [3.63, 3.8) is 0 Å². The first-order valence-electron chi connectivity index (χ1n) is 8.60. The predicted octanol–water partition coefficient (Wildman–Crippen LogP) is 1.97. The van der Waals surface area contributed by atoms with E-state index < -0.39 is 10.8 Å². The predicted molar refractivity (Wildman–Crippen MR) is 93.5 cm³/mol. The summed E-state index contributed by atoms with van der Waals surface area (Å²) in [4.78, 5) is 12.1. The number of carbonyl (C=O) groups is 1. The zero-order valence-electron chi connectivity index (χ0n) is 13.5. The standard InChI is InChI=1S/C18H26N2O2S/c21-18(12-15-10-16-6-7-17(11-15)20-16)19-8-9-23(22)13-14-4-2-1-3-5-14/h1-5,15-17,20H,6-13H2,(H,19,21). The monoisotopic (exact) mass is 334 g/mol. The minimum atomic E-state index is -0.920. The van der Waals surface area contributed by atoms with Crippen LogP contribution in [0.5, 0.6) is 0 Å². The maximum atomic E-state index is 12.1. The number of hydrogen-bond acceptors (Lipinski definition) is 3. The molecule has 2 bridgehead atoms. The number of amides is 1. The highest BCUT2D eigenvalue weighted by Gasteiger charge is 2.34. The fraction of sp³-hybridized carbons (Fsp3) is 0.611. The van der Waals surface area contributed by atoms with E-state index in [1.807, 2.05) is 30.3 Å². The fourth-order valence-electron chi connectivity index (χ4n) is 3.81. The lowest BCUT2D eigenvalue weighted by molar-refractivity contribution is -0.122. The average molecular weight is 334 g/mol. The smallest absolute Gasteiger partial charge is 0.220 e. The van der Waals surface area contributed by atoms with E-state index in [9.17, 15) is 9.00 Å². The van der Waals surface area contributed by atoms with Gasteiger partial charge in [-0.3, -0.25) is 9.00 Å². The molecule has 1 amide bonds. The largest absolute Gasteiger partial charge is 0.355 e. The lowest BCUT2D eigenvalue weighted by Crippen LogP contribution is -2.40. The molecule has 2 heterocycles. The van der Waals surface area contributed by atoms with Crippen molar-refractivity contribution in [2.45, 2.75) is 49.9 Å². The minimum absolute atomic E-state index is 0.119. The van der Waals surface area contributed by atoms with Gasteiger partial charge in [-0.15, -0.1) is 0 Å². The second-order valence-corrected chi connectivity index (χ2v) is 8.38. The van der Waals surface area contributed by atoms with Gasteiger partial charge in [-0.05, 0) is 37.2 Å². The lowest BCUT2D eigenvalue weighted by Gasteiger charge is -2.28. The normalized spacial score (nSPS) is 27.6. The number of hydrogen-bond donors (Lipinski definition) is 2. The molecule has 3 atom stereocenters. The Bertz CT molecular complexity index is 537. The fourth-order valence-corrected chi connectivity index (χ4v) is 4.85. The number of benzene rings is 1. The highest BCUT2D eigenvalue weighted by molar-refractivity contribution is 7.84. The molecule has 1 aromatic rings. The third-order valence-corrected chi connectivity index (χ3v) is 6.18. The van der Waals surface area contributed by atoms with Crippen LogP contribution in [0.25, 0.3) is 0 Å². The summed E-state index contributed by atoms with van der Waals surface area (Å²) in [6.45, 7) is 0.510. The maximum absolute atomic E-state index is 12.1. The van der Waals surface area contributed by atoms with Gasteiger partial charge in [-0.2, -0.15) is 0 Å². The summed E-state index contributed by atoms with van der Waals surface area (Å²) in [5.41, 5.74) is 1.09. The Labute approximate surface area is 140 Å². The second-order valence-electron chi connectivity index (χ2n) is 6.80. The van der Waals surface area contributed by atoms with E-state index in [0.717, 1.165) is 18.4 Å². The average Bonchev–Trinajstić information content (AvgIpc) is 2.87. The van der Waals surface area contributed by atoms with Gasteiger partial charge in [0.25, 0.3) is 0 Å². The van der Waals surface area contributed by atoms with E-state index in [1.54, 1.807) is 0 Å². The third kappa shape index (κ3) is 5.15. The molecule has 2 aliphatic rings. The summed E-state index contributed by atoms with van der Waals surface area (Å²) in [7, 11) is -0.920. The SMILES string of the molecule is O=C(CC1CC2CCC(C1)N2)NCCS(=O)Cc1ccccc1. The molecule has 1 aromatic carbocycles. The molecular formula is C18H26N2O2S. The van der Waals surface area contributed by atoms with Gasteiger partial charge in [0.05, 0.1) is 0 Å². The van der Waals surface area contributed by atoms with Crippen LogP contribution >= 0.6 is 0 Å². The van der Waals surface area contributed by atoms with Crippen LogP contribution in [-0.2, 0) is 21.3 Å². The van der Waals surface area contributed by atoms with Gasteiger partial charge in [-0.25, -0.2) is 0 Å². The van der Waals surface area contributed by atoms with E-state index in [0.29, 0.717) is 42.5 Å². The second kappa shape index (κ2) is 8.06. The summed E-state index contributed by atoms with van der Waals surface area (Å²) < 4.78 is 12.0. The number of piperidine rings is 1. The van der Waals surface area contributed by atoms with Crippen LogP contribution in [0.1, 0.15) is 37.7 Å². The van der Waals surface area contributed by atoms with Crippen LogP contribution in [0.15, 0.2) is 30.3 Å². The van der Waals surface area contributed by atoms with E-state index in [4.69, 9.17) is 0 Å². The topological polar surface area (TPSA) is 58.2 Å². The maximum Gasteiger partial charge on any atom is 0.220 e. The van der Waals surface area contributed by atoms with Crippen molar-refractivity contribution >= 4 is 16.7 Å². The summed E-state index contributed by atoms with van der Waals surface area (Å²) >= 11 is 0. The molecule has 23 heavy (non-hydrogen) atoms. The van der Waals surface area contributed by atoms with Crippen molar-refractivity contribution in [2.75, 3.05) is 12.3 Å². The molecule has 126 valence electrons. The Kier molecular flexibility index (Phi) is 5.84. The summed E-state index contributed by atoms with van der Waals surface area (Å²) in [5.74, 6) is 1.73. The first-order chi connectivity index (χ1) is 11.2. The molecule has 5 heteroatoms. The third-order valence-electron chi connectivity index (χ3n) is 4.87. The number of carbonyl (C=O) groups excluding carboxylic acids is 1. The molecule has 4 nitrogen and oxygen atoms in total. The molecule has 0 saturated carbocycles. The molecule has 0 spiro atoms. The zero-order chi connectivity index (χ0) is 16.1. The highest BCUT2D eigenvalue weighted by Crippen LogP contribution is 2.32. The van der Waals surface area contributed by atoms with Crippen molar-refractivity contribution in [1.29, 1.82) is 0 Å². The van der Waals surface area contributed by atoms with Crippen molar-refractivity contribution in [3.8, 4) is 0 Å². The van der Waals surface area contributed by atoms with Crippen LogP contribution in [-0.4, -0.2) is 34.5 Å². The summed E-state index contributed by atoms with van der Waals surface area (Å²) in [6, 6.07) is 11.1. The summed E-state index contributed by atoms with van der Waals surface area (Å²) in [5, 5.41) is 6.55. The Morgan fingerprint density at radius 2 is 1.87 bits per heavy atom. The Morgan fingerprint density at radius 3 is 2.57 bits per heavy atom. The van der Waals surface area contributed by atoms with Crippen molar-refractivity contribution in [2.24, 2.45) is 5.92 Å². The van der Waals surface area contributed by atoms with E-state index in [2.05, 4.69) is 10.6 Å². The molecule has 0 aromatic heterocycles. The number of fused-ring (bicyclic) bond motifs is 2. The summed E-state index contributed by atoms with van der Waals surface area (Å²) in [6.07, 6.45) is 5.41. The van der Waals surface area contributed by atoms with Crippen LogP contribution in [0, 0.1) is 5.92 Å². The highest BCUT2D eigenvalue weighted by atomic mass is 32.2. The minimum Gasteiger partial charge on any atom is -0.355 e. The molecule has 2 saturated heterocycles. The van der Waals surface area contributed by atoms with Crippen LogP contribution in [0.3, 0.4) is 0 Å². The molecule has 3 unspecified atom stereocenters. The number of nitrogens with one attached hydrogen (secondary N) is 2. The van der Waals surface area contributed by atoms with Gasteiger partial charge >= 0.3 is 0 Å². The molecule has 0 aliphatic carbocycles. The van der Waals surface area contributed by atoms with Crippen LogP contribution in [0.2, 0.25) is 0 Å². The zero-order valence-corrected chi connectivity index (χ0v) is 14.3. The molecule has 2 N–H and O–H groups in total. The van der Waals surface area contributed by atoms with Gasteiger partial charge in [0.1, 0.15) is 0 Å². The Hall–Kier alpha value is -1.20. The molecular weight excluding hydrogens is 308 g/mol. The van der Waals surface area contributed by atoms with Crippen molar-refractivity contribution in [3.05, 3.63) is 35.9 Å². The molecule has 2 fully saturated rings. The lowest BCUT2D eigenvalue weighted by atomic mass is 9.89. The first kappa shape index (κ1) is 16.7. The number of rotatable bonds is 7. The van der Waals surface area contributed by atoms with Crippen molar-refractivity contribution < 1.29 is 9.00 Å². The van der Waals surface area contributed by atoms with Gasteiger partial charge in [0.2, 0.25) is 5.91 Å². The van der Waals surface area contributed by atoms with Gasteiger partial charge in [0.15, 0.2) is 0 Å². The van der Waals surface area contributed by atoms with Crippen molar-refractivity contribution in [1.82, 2.24) is 10.6 Å². The van der Waals surface area contributed by atoms with Crippen LogP contribution < -0.4 is 10.6 Å². The Balaban J connectivity index is 1.32. The molecule has 2 aliphatic heterocycles. The first-order valence-corrected chi connectivity index (χ1v) is 10.1. The van der Waals surface area contributed by atoms with Crippen LogP contribution in [0.4, 0.5) is 0 Å².